The second-order valence-corrected chi connectivity index (χ2v) is 6.84. The zero-order valence-electron chi connectivity index (χ0n) is 15.1. The number of benzene rings is 2. The van der Waals surface area contributed by atoms with Crippen molar-refractivity contribution in [3.05, 3.63) is 60.0 Å². The molecule has 1 aliphatic rings. The van der Waals surface area contributed by atoms with Crippen molar-refractivity contribution in [3.63, 3.8) is 0 Å². The fourth-order valence-corrected chi connectivity index (χ4v) is 3.09. The summed E-state index contributed by atoms with van der Waals surface area (Å²) < 4.78 is 16.0. The Labute approximate surface area is 169 Å². The normalized spacial score (nSPS) is 11.9. The van der Waals surface area contributed by atoms with Crippen LogP contribution >= 0.6 is 11.8 Å². The topological polar surface area (TPSA) is 116 Å². The second-order valence-electron chi connectivity index (χ2n) is 5.92. The summed E-state index contributed by atoms with van der Waals surface area (Å²) in [5, 5.41) is 13.5. The van der Waals surface area contributed by atoms with Crippen molar-refractivity contribution < 1.29 is 23.5 Å². The van der Waals surface area contributed by atoms with E-state index in [1.54, 1.807) is 42.5 Å². The Hall–Kier alpha value is -3.53. The number of fused-ring (bicyclic) bond motifs is 1. The van der Waals surface area contributed by atoms with Crippen LogP contribution in [0.15, 0.2) is 58.2 Å². The Bertz CT molecular complexity index is 1020. The first-order chi connectivity index (χ1) is 14.2. The van der Waals surface area contributed by atoms with E-state index in [9.17, 15) is 9.59 Å². The van der Waals surface area contributed by atoms with E-state index >= 15 is 0 Å². The zero-order valence-corrected chi connectivity index (χ0v) is 15.9. The molecule has 29 heavy (non-hydrogen) atoms. The maximum absolute atomic E-state index is 12.1. The maximum atomic E-state index is 12.1. The number of amides is 2. The van der Waals surface area contributed by atoms with Gasteiger partial charge in [-0.2, -0.15) is 0 Å². The molecule has 3 aromatic rings. The molecule has 0 aliphatic carbocycles. The molecule has 2 amide bonds. The number of thioether (sulfide) groups is 1. The maximum Gasteiger partial charge on any atom is 0.277 e. The lowest BCUT2D eigenvalue weighted by Crippen LogP contribution is -2.22. The highest BCUT2D eigenvalue weighted by Crippen LogP contribution is 2.34. The summed E-state index contributed by atoms with van der Waals surface area (Å²) >= 11 is 1.10. The highest BCUT2D eigenvalue weighted by Gasteiger charge is 2.15. The molecule has 0 bridgehead atoms. The highest BCUT2D eigenvalue weighted by molar-refractivity contribution is 7.99. The molecular formula is C19H16N4O5S. The molecule has 0 unspecified atom stereocenters. The lowest BCUT2D eigenvalue weighted by Gasteiger charge is -2.05. The van der Waals surface area contributed by atoms with Gasteiger partial charge in [-0.05, 0) is 24.3 Å². The minimum absolute atomic E-state index is 0.0897. The van der Waals surface area contributed by atoms with E-state index in [1.807, 2.05) is 6.07 Å². The summed E-state index contributed by atoms with van der Waals surface area (Å²) in [5.41, 5.74) is 1.15. The monoisotopic (exact) mass is 412 g/mol. The standard InChI is InChI=1S/C19H16N4O5S/c24-16(21-13-6-7-14-15(8-13)27-11-26-14)10-29-19-23-22-17(28-19)9-20-18(25)12-4-2-1-3-5-12/h1-8H,9-11H2,(H,20,25)(H,21,24). The first kappa shape index (κ1) is 18.8. The van der Waals surface area contributed by atoms with Crippen LogP contribution in [0.25, 0.3) is 0 Å². The summed E-state index contributed by atoms with van der Waals surface area (Å²) in [6.07, 6.45) is 0. The van der Waals surface area contributed by atoms with Gasteiger partial charge in [-0.25, -0.2) is 0 Å². The van der Waals surface area contributed by atoms with Crippen molar-refractivity contribution in [3.8, 4) is 11.5 Å². The van der Waals surface area contributed by atoms with Crippen LogP contribution in [0.3, 0.4) is 0 Å². The van der Waals surface area contributed by atoms with Crippen molar-refractivity contribution in [2.24, 2.45) is 0 Å². The van der Waals surface area contributed by atoms with Gasteiger partial charge in [0.25, 0.3) is 11.1 Å². The van der Waals surface area contributed by atoms with Gasteiger partial charge in [-0.3, -0.25) is 9.59 Å². The van der Waals surface area contributed by atoms with Crippen LogP contribution in [0.2, 0.25) is 0 Å². The van der Waals surface area contributed by atoms with Crippen LogP contribution < -0.4 is 20.1 Å². The van der Waals surface area contributed by atoms with E-state index in [0.717, 1.165) is 11.8 Å². The highest BCUT2D eigenvalue weighted by atomic mass is 32.2. The summed E-state index contributed by atoms with van der Waals surface area (Å²) in [6.45, 7) is 0.276. The van der Waals surface area contributed by atoms with Crippen molar-refractivity contribution in [1.29, 1.82) is 0 Å². The number of aromatic nitrogens is 2. The van der Waals surface area contributed by atoms with Crippen LogP contribution in [0.1, 0.15) is 16.2 Å². The number of nitrogens with one attached hydrogen (secondary N) is 2. The van der Waals surface area contributed by atoms with Crippen LogP contribution in [-0.2, 0) is 11.3 Å². The van der Waals surface area contributed by atoms with E-state index in [-0.39, 0.29) is 42.0 Å². The predicted octanol–water partition coefficient (Wildman–Crippen LogP) is 2.46. The number of carbonyl (C=O) groups excluding carboxylic acids is 2. The predicted molar refractivity (Wildman–Crippen MR) is 104 cm³/mol. The van der Waals surface area contributed by atoms with Gasteiger partial charge in [0, 0.05) is 17.3 Å². The minimum Gasteiger partial charge on any atom is -0.454 e. The molecule has 0 saturated carbocycles. The molecule has 4 rings (SSSR count). The molecule has 148 valence electrons. The Morgan fingerprint density at radius 3 is 2.72 bits per heavy atom. The van der Waals surface area contributed by atoms with E-state index < -0.39 is 0 Å². The first-order valence-electron chi connectivity index (χ1n) is 8.65. The molecule has 10 heteroatoms. The summed E-state index contributed by atoms with van der Waals surface area (Å²) in [5.74, 6) is 1.12. The van der Waals surface area contributed by atoms with Gasteiger partial charge in [0.15, 0.2) is 11.5 Å². The fraction of sp³-hybridized carbons (Fsp3) is 0.158. The first-order valence-corrected chi connectivity index (χ1v) is 9.64. The summed E-state index contributed by atoms with van der Waals surface area (Å²) in [4.78, 5) is 24.1. The molecule has 0 saturated heterocycles. The zero-order chi connectivity index (χ0) is 20.1. The third kappa shape index (κ3) is 4.85. The van der Waals surface area contributed by atoms with Gasteiger partial charge < -0.3 is 24.5 Å². The smallest absolute Gasteiger partial charge is 0.277 e. The molecule has 0 atom stereocenters. The molecule has 1 aliphatic heterocycles. The van der Waals surface area contributed by atoms with Gasteiger partial charge in [-0.1, -0.05) is 30.0 Å². The van der Waals surface area contributed by atoms with Gasteiger partial charge in [0.2, 0.25) is 18.6 Å². The summed E-state index contributed by atoms with van der Waals surface area (Å²) in [6, 6.07) is 14.0. The Morgan fingerprint density at radius 2 is 1.86 bits per heavy atom. The van der Waals surface area contributed by atoms with Crippen LogP contribution in [0.4, 0.5) is 5.69 Å². The van der Waals surface area contributed by atoms with Crippen molar-refractivity contribution in [2.45, 2.75) is 11.8 Å². The van der Waals surface area contributed by atoms with Gasteiger partial charge in [-0.15, -0.1) is 10.2 Å². The summed E-state index contributed by atoms with van der Waals surface area (Å²) in [7, 11) is 0. The Balaban J connectivity index is 1.24. The fourth-order valence-electron chi connectivity index (χ4n) is 2.51. The number of carbonyl (C=O) groups is 2. The number of anilines is 1. The van der Waals surface area contributed by atoms with Gasteiger partial charge in [0.05, 0.1) is 12.3 Å². The molecule has 9 nitrogen and oxygen atoms in total. The third-order valence-electron chi connectivity index (χ3n) is 3.87. The third-order valence-corrected chi connectivity index (χ3v) is 4.69. The van der Waals surface area contributed by atoms with E-state index in [4.69, 9.17) is 13.9 Å². The second kappa shape index (κ2) is 8.65. The molecule has 2 heterocycles. The molecule has 0 spiro atoms. The molecular weight excluding hydrogens is 396 g/mol. The van der Waals surface area contributed by atoms with Crippen molar-refractivity contribution in [1.82, 2.24) is 15.5 Å². The molecule has 0 radical (unpaired) electrons. The molecule has 2 N–H and O–H groups in total. The largest absolute Gasteiger partial charge is 0.454 e. The molecule has 2 aromatic carbocycles. The SMILES string of the molecule is O=C(CSc1nnc(CNC(=O)c2ccccc2)o1)Nc1ccc2c(c1)OCO2. The van der Waals surface area contributed by atoms with E-state index in [2.05, 4.69) is 20.8 Å². The number of hydrogen-bond acceptors (Lipinski definition) is 8. The van der Waals surface area contributed by atoms with Gasteiger partial charge in [0.1, 0.15) is 0 Å². The number of ether oxygens (including phenoxy) is 2. The van der Waals surface area contributed by atoms with Crippen molar-refractivity contribution >= 4 is 29.3 Å². The average molecular weight is 412 g/mol. The quantitative estimate of drug-likeness (QED) is 0.569. The van der Waals surface area contributed by atoms with Crippen LogP contribution in [0.5, 0.6) is 11.5 Å². The average Bonchev–Trinajstić information content (AvgIpc) is 3.40. The van der Waals surface area contributed by atoms with Crippen LogP contribution in [0, 0.1) is 0 Å². The Morgan fingerprint density at radius 1 is 1.03 bits per heavy atom. The lowest BCUT2D eigenvalue weighted by atomic mass is 10.2. The number of nitrogens with zero attached hydrogens (tertiary/aromatic N) is 2. The van der Waals surface area contributed by atoms with Crippen molar-refractivity contribution in [2.75, 3.05) is 17.9 Å². The van der Waals surface area contributed by atoms with E-state index in [0.29, 0.717) is 22.7 Å². The minimum atomic E-state index is -0.235. The Kier molecular flexibility index (Phi) is 5.61. The molecule has 0 fully saturated rings. The van der Waals surface area contributed by atoms with E-state index in [1.165, 1.54) is 0 Å². The number of rotatable bonds is 7. The van der Waals surface area contributed by atoms with Crippen LogP contribution in [-0.4, -0.2) is 34.6 Å². The van der Waals surface area contributed by atoms with Gasteiger partial charge >= 0.3 is 0 Å². The lowest BCUT2D eigenvalue weighted by molar-refractivity contribution is -0.113. The molecule has 1 aromatic heterocycles. The number of hydrogen-bond donors (Lipinski definition) is 2.